The Kier molecular flexibility index (Phi) is 4.24. The van der Waals surface area contributed by atoms with Crippen LogP contribution in [-0.2, 0) is 9.53 Å². The molecule has 0 bridgehead atoms. The summed E-state index contributed by atoms with van der Waals surface area (Å²) in [5.41, 5.74) is 0.165. The van der Waals surface area contributed by atoms with Crippen LogP contribution in [-0.4, -0.2) is 36.7 Å². The standard InChI is InChI=1S/C14H19NO3S/c1-10-8-14(9-19-10,13(16)18-3)15-11-6-4-5-7-12(11)17-2/h4-7,10,15H,8-9H2,1-3H3. The highest BCUT2D eigenvalue weighted by Gasteiger charge is 2.46. The van der Waals surface area contributed by atoms with Gasteiger partial charge < -0.3 is 14.8 Å². The van der Waals surface area contributed by atoms with Gasteiger partial charge in [0.05, 0.1) is 19.9 Å². The van der Waals surface area contributed by atoms with Gasteiger partial charge in [0.15, 0.2) is 0 Å². The number of ether oxygens (including phenoxy) is 2. The van der Waals surface area contributed by atoms with Gasteiger partial charge in [0.1, 0.15) is 11.3 Å². The van der Waals surface area contributed by atoms with Crippen molar-refractivity contribution < 1.29 is 14.3 Å². The van der Waals surface area contributed by atoms with E-state index >= 15 is 0 Å². The van der Waals surface area contributed by atoms with Gasteiger partial charge in [0.2, 0.25) is 0 Å². The molecule has 2 rings (SSSR count). The molecule has 1 aliphatic rings. The summed E-state index contributed by atoms with van der Waals surface area (Å²) in [6.45, 7) is 2.12. The second kappa shape index (κ2) is 5.74. The third-order valence-electron chi connectivity index (χ3n) is 3.31. The van der Waals surface area contributed by atoms with E-state index in [1.807, 2.05) is 24.3 Å². The van der Waals surface area contributed by atoms with Crippen LogP contribution in [0.15, 0.2) is 24.3 Å². The van der Waals surface area contributed by atoms with Gasteiger partial charge >= 0.3 is 5.97 Å². The number of carbonyl (C=O) groups excluding carboxylic acids is 1. The molecule has 5 heteroatoms. The van der Waals surface area contributed by atoms with E-state index in [-0.39, 0.29) is 5.97 Å². The molecule has 104 valence electrons. The second-order valence-electron chi connectivity index (χ2n) is 4.72. The van der Waals surface area contributed by atoms with Crippen LogP contribution in [0.3, 0.4) is 0 Å². The van der Waals surface area contributed by atoms with Crippen LogP contribution < -0.4 is 10.1 Å². The number of nitrogens with one attached hydrogen (secondary N) is 1. The van der Waals surface area contributed by atoms with Gasteiger partial charge in [-0.05, 0) is 18.6 Å². The van der Waals surface area contributed by atoms with Crippen molar-refractivity contribution in [2.24, 2.45) is 0 Å². The Bertz CT molecular complexity index is 466. The van der Waals surface area contributed by atoms with Crippen LogP contribution in [0.5, 0.6) is 5.75 Å². The lowest BCUT2D eigenvalue weighted by atomic mass is 9.95. The number of anilines is 1. The van der Waals surface area contributed by atoms with E-state index in [4.69, 9.17) is 9.47 Å². The molecule has 0 saturated carbocycles. The predicted octanol–water partition coefficient (Wildman–Crippen LogP) is 2.54. The molecule has 19 heavy (non-hydrogen) atoms. The van der Waals surface area contributed by atoms with Gasteiger partial charge in [-0.15, -0.1) is 0 Å². The minimum atomic E-state index is -0.659. The number of rotatable bonds is 4. The Morgan fingerprint density at radius 1 is 1.42 bits per heavy atom. The molecule has 0 amide bonds. The summed E-state index contributed by atoms with van der Waals surface area (Å²) < 4.78 is 10.3. The van der Waals surface area contributed by atoms with Crippen LogP contribution in [0.2, 0.25) is 0 Å². The van der Waals surface area contributed by atoms with Gasteiger partial charge in [-0.2, -0.15) is 11.8 Å². The molecule has 2 atom stereocenters. The zero-order chi connectivity index (χ0) is 13.9. The average molecular weight is 281 g/mol. The number of thioether (sulfide) groups is 1. The van der Waals surface area contributed by atoms with E-state index in [2.05, 4.69) is 12.2 Å². The molecule has 0 radical (unpaired) electrons. The minimum absolute atomic E-state index is 0.213. The summed E-state index contributed by atoms with van der Waals surface area (Å²) in [6.07, 6.45) is 0.752. The van der Waals surface area contributed by atoms with Crippen molar-refractivity contribution in [2.75, 3.05) is 25.3 Å². The molecule has 1 N–H and O–H groups in total. The van der Waals surface area contributed by atoms with E-state index in [9.17, 15) is 4.79 Å². The third-order valence-corrected chi connectivity index (χ3v) is 4.70. The lowest BCUT2D eigenvalue weighted by molar-refractivity contribution is -0.145. The maximum absolute atomic E-state index is 12.1. The van der Waals surface area contributed by atoms with Crippen molar-refractivity contribution in [3.05, 3.63) is 24.3 Å². The number of carbonyl (C=O) groups is 1. The fourth-order valence-electron chi connectivity index (χ4n) is 2.37. The van der Waals surface area contributed by atoms with Crippen molar-refractivity contribution in [1.29, 1.82) is 0 Å². The van der Waals surface area contributed by atoms with Gasteiger partial charge in [0, 0.05) is 11.0 Å². The van der Waals surface area contributed by atoms with Crippen LogP contribution in [0.25, 0.3) is 0 Å². The summed E-state index contributed by atoms with van der Waals surface area (Å²) in [5, 5.41) is 3.77. The summed E-state index contributed by atoms with van der Waals surface area (Å²) in [4.78, 5) is 12.1. The van der Waals surface area contributed by atoms with Crippen molar-refractivity contribution in [1.82, 2.24) is 0 Å². The molecule has 4 nitrogen and oxygen atoms in total. The topological polar surface area (TPSA) is 47.6 Å². The zero-order valence-corrected chi connectivity index (χ0v) is 12.3. The van der Waals surface area contributed by atoms with Crippen molar-refractivity contribution in [2.45, 2.75) is 24.1 Å². The summed E-state index contributed by atoms with van der Waals surface area (Å²) in [5.74, 6) is 1.23. The first-order valence-electron chi connectivity index (χ1n) is 6.22. The lowest BCUT2D eigenvalue weighted by Gasteiger charge is -2.28. The second-order valence-corrected chi connectivity index (χ2v) is 6.15. The molecular weight excluding hydrogens is 262 g/mol. The van der Waals surface area contributed by atoms with Gasteiger partial charge in [0.25, 0.3) is 0 Å². The van der Waals surface area contributed by atoms with Crippen LogP contribution in [0.1, 0.15) is 13.3 Å². The first-order chi connectivity index (χ1) is 9.11. The highest BCUT2D eigenvalue weighted by molar-refractivity contribution is 8.00. The van der Waals surface area contributed by atoms with E-state index in [1.54, 1.807) is 18.9 Å². The predicted molar refractivity (Wildman–Crippen MR) is 77.9 cm³/mol. The molecule has 1 saturated heterocycles. The molecule has 1 aromatic carbocycles. The average Bonchev–Trinajstić information content (AvgIpc) is 2.81. The monoisotopic (exact) mass is 281 g/mol. The van der Waals surface area contributed by atoms with E-state index < -0.39 is 5.54 Å². The van der Waals surface area contributed by atoms with Crippen molar-refractivity contribution in [3.63, 3.8) is 0 Å². The fraction of sp³-hybridized carbons (Fsp3) is 0.500. The molecule has 0 aromatic heterocycles. The van der Waals surface area contributed by atoms with Crippen molar-refractivity contribution >= 4 is 23.4 Å². The molecule has 0 spiro atoms. The Labute approximate surface area is 117 Å². The molecule has 1 aliphatic heterocycles. The Hall–Kier alpha value is -1.36. The lowest BCUT2D eigenvalue weighted by Crippen LogP contribution is -2.47. The summed E-state index contributed by atoms with van der Waals surface area (Å²) in [6, 6.07) is 7.61. The maximum atomic E-state index is 12.1. The van der Waals surface area contributed by atoms with Crippen LogP contribution in [0, 0.1) is 0 Å². The number of hydrogen-bond acceptors (Lipinski definition) is 5. The molecule has 1 aromatic rings. The Balaban J connectivity index is 2.28. The van der Waals surface area contributed by atoms with E-state index in [1.165, 1.54) is 7.11 Å². The highest BCUT2D eigenvalue weighted by atomic mass is 32.2. The minimum Gasteiger partial charge on any atom is -0.495 e. The number of esters is 1. The third kappa shape index (κ3) is 2.81. The zero-order valence-electron chi connectivity index (χ0n) is 11.4. The molecular formula is C14H19NO3S. The van der Waals surface area contributed by atoms with Crippen LogP contribution in [0.4, 0.5) is 5.69 Å². The first kappa shape index (κ1) is 14.1. The Morgan fingerprint density at radius 3 is 2.74 bits per heavy atom. The number of hydrogen-bond donors (Lipinski definition) is 1. The van der Waals surface area contributed by atoms with E-state index in [0.717, 1.165) is 17.9 Å². The molecule has 1 fully saturated rings. The van der Waals surface area contributed by atoms with Gasteiger partial charge in [-0.3, -0.25) is 0 Å². The molecule has 1 heterocycles. The van der Waals surface area contributed by atoms with Crippen LogP contribution >= 0.6 is 11.8 Å². The van der Waals surface area contributed by atoms with E-state index in [0.29, 0.717) is 11.0 Å². The van der Waals surface area contributed by atoms with Gasteiger partial charge in [-0.1, -0.05) is 19.1 Å². The Morgan fingerprint density at radius 2 is 2.16 bits per heavy atom. The van der Waals surface area contributed by atoms with Gasteiger partial charge in [-0.25, -0.2) is 4.79 Å². The number of para-hydroxylation sites is 2. The number of benzene rings is 1. The SMILES string of the molecule is COC(=O)C1(Nc2ccccc2OC)CSC(C)C1. The smallest absolute Gasteiger partial charge is 0.332 e. The maximum Gasteiger partial charge on any atom is 0.332 e. The molecule has 0 aliphatic carbocycles. The fourth-order valence-corrected chi connectivity index (χ4v) is 3.65. The first-order valence-corrected chi connectivity index (χ1v) is 7.27. The number of methoxy groups -OCH3 is 2. The highest BCUT2D eigenvalue weighted by Crippen LogP contribution is 2.39. The van der Waals surface area contributed by atoms with Crippen molar-refractivity contribution in [3.8, 4) is 5.75 Å². The molecule has 2 unspecified atom stereocenters. The summed E-state index contributed by atoms with van der Waals surface area (Å²) in [7, 11) is 3.05. The quantitative estimate of drug-likeness (QED) is 0.859. The summed E-state index contributed by atoms with van der Waals surface area (Å²) >= 11 is 1.78. The normalized spacial score (nSPS) is 25.9. The largest absolute Gasteiger partial charge is 0.495 e.